The Hall–Kier alpha value is -1.10. The van der Waals surface area contributed by atoms with E-state index in [1.54, 1.807) is 6.92 Å². The molecule has 1 fully saturated rings. The lowest BCUT2D eigenvalue weighted by Crippen LogP contribution is -2.11. The molecular formula is C13H12BrFO3. The van der Waals surface area contributed by atoms with Crippen LogP contribution in [-0.2, 0) is 9.53 Å². The van der Waals surface area contributed by atoms with Crippen molar-refractivity contribution in [1.29, 1.82) is 0 Å². The highest BCUT2D eigenvalue weighted by atomic mass is 79.9. The van der Waals surface area contributed by atoms with Crippen LogP contribution < -0.4 is 4.74 Å². The number of carbonyl (C=O) groups excluding carboxylic acids is 1. The van der Waals surface area contributed by atoms with Gasteiger partial charge in [0.15, 0.2) is 0 Å². The van der Waals surface area contributed by atoms with E-state index in [9.17, 15) is 9.18 Å². The van der Waals surface area contributed by atoms with E-state index < -0.39 is 0 Å². The number of hydrogen-bond donors (Lipinski definition) is 0. The number of fused-ring (bicyclic) bond motifs is 3. The van der Waals surface area contributed by atoms with Gasteiger partial charge in [-0.1, -0.05) is 0 Å². The summed E-state index contributed by atoms with van der Waals surface area (Å²) in [5, 5.41) is 0. The van der Waals surface area contributed by atoms with Crippen LogP contribution in [0.4, 0.5) is 4.39 Å². The Morgan fingerprint density at radius 1 is 1.61 bits per heavy atom. The molecule has 3 atom stereocenters. The first-order valence-electron chi connectivity index (χ1n) is 5.92. The summed E-state index contributed by atoms with van der Waals surface area (Å²) in [7, 11) is 0. The summed E-state index contributed by atoms with van der Waals surface area (Å²) in [6, 6.07) is 2.83. The molecule has 0 aromatic heterocycles. The maximum absolute atomic E-state index is 13.4. The van der Waals surface area contributed by atoms with Gasteiger partial charge in [-0.2, -0.15) is 0 Å². The van der Waals surface area contributed by atoms with Gasteiger partial charge in [-0.25, -0.2) is 4.39 Å². The molecule has 1 heterocycles. The molecule has 1 aromatic carbocycles. The largest absolute Gasteiger partial charge is 0.492 e. The maximum Gasteiger partial charge on any atom is 0.309 e. The smallest absolute Gasteiger partial charge is 0.309 e. The number of hydrogen-bond acceptors (Lipinski definition) is 3. The SMILES string of the molecule is CCOC(=O)[C@@H]1[C@@H]2COc3c(Br)cc(F)cc3[C@@H]21. The Labute approximate surface area is 112 Å². The molecule has 0 radical (unpaired) electrons. The van der Waals surface area contributed by atoms with Crippen molar-refractivity contribution in [2.24, 2.45) is 11.8 Å². The van der Waals surface area contributed by atoms with Crippen molar-refractivity contribution in [2.75, 3.05) is 13.2 Å². The minimum absolute atomic E-state index is 0.0415. The molecule has 0 unspecified atom stereocenters. The van der Waals surface area contributed by atoms with Crippen LogP contribution >= 0.6 is 15.9 Å². The van der Waals surface area contributed by atoms with E-state index in [1.807, 2.05) is 0 Å². The number of halogens is 2. The minimum Gasteiger partial charge on any atom is -0.492 e. The Morgan fingerprint density at radius 2 is 2.39 bits per heavy atom. The second kappa shape index (κ2) is 4.23. The summed E-state index contributed by atoms with van der Waals surface area (Å²) < 4.78 is 24.7. The Kier molecular flexibility index (Phi) is 2.81. The van der Waals surface area contributed by atoms with Gasteiger partial charge < -0.3 is 9.47 Å². The second-order valence-corrected chi connectivity index (χ2v) is 5.44. The van der Waals surface area contributed by atoms with Crippen LogP contribution in [0, 0.1) is 17.7 Å². The Morgan fingerprint density at radius 3 is 3.11 bits per heavy atom. The van der Waals surface area contributed by atoms with Gasteiger partial charge in [0.2, 0.25) is 0 Å². The van der Waals surface area contributed by atoms with Gasteiger partial charge in [0, 0.05) is 17.4 Å². The summed E-state index contributed by atoms with van der Waals surface area (Å²) in [6.07, 6.45) is 0. The third-order valence-corrected chi connectivity index (χ3v) is 4.13. The van der Waals surface area contributed by atoms with Crippen LogP contribution in [0.25, 0.3) is 0 Å². The van der Waals surface area contributed by atoms with E-state index in [0.717, 1.165) is 5.56 Å². The number of rotatable bonds is 2. The van der Waals surface area contributed by atoms with Gasteiger partial charge in [-0.15, -0.1) is 0 Å². The number of carbonyl (C=O) groups is 1. The maximum atomic E-state index is 13.4. The molecule has 3 rings (SSSR count). The molecule has 2 aliphatic rings. The normalized spacial score (nSPS) is 27.8. The first-order chi connectivity index (χ1) is 8.63. The van der Waals surface area contributed by atoms with Gasteiger partial charge in [0.1, 0.15) is 11.6 Å². The molecule has 1 aliphatic heterocycles. The highest BCUT2D eigenvalue weighted by molar-refractivity contribution is 9.10. The predicted molar refractivity (Wildman–Crippen MR) is 65.9 cm³/mol. The van der Waals surface area contributed by atoms with E-state index in [2.05, 4.69) is 15.9 Å². The van der Waals surface area contributed by atoms with Crippen molar-refractivity contribution in [2.45, 2.75) is 12.8 Å². The number of ether oxygens (including phenoxy) is 2. The quantitative estimate of drug-likeness (QED) is 0.787. The van der Waals surface area contributed by atoms with E-state index >= 15 is 0 Å². The summed E-state index contributed by atoms with van der Waals surface area (Å²) in [5.41, 5.74) is 0.774. The molecule has 0 spiro atoms. The van der Waals surface area contributed by atoms with Crippen molar-refractivity contribution in [3.8, 4) is 5.75 Å². The summed E-state index contributed by atoms with van der Waals surface area (Å²) >= 11 is 3.29. The lowest BCUT2D eigenvalue weighted by Gasteiger charge is -2.17. The molecule has 0 saturated heterocycles. The van der Waals surface area contributed by atoms with Crippen LogP contribution in [-0.4, -0.2) is 19.2 Å². The number of esters is 1. The zero-order valence-electron chi connectivity index (χ0n) is 9.78. The first-order valence-corrected chi connectivity index (χ1v) is 6.71. The highest BCUT2D eigenvalue weighted by Crippen LogP contribution is 2.60. The predicted octanol–water partition coefficient (Wildman–Crippen LogP) is 2.87. The topological polar surface area (TPSA) is 35.5 Å². The lowest BCUT2D eigenvalue weighted by atomic mass is 10.1. The monoisotopic (exact) mass is 314 g/mol. The molecule has 1 aromatic rings. The highest BCUT2D eigenvalue weighted by Gasteiger charge is 2.59. The van der Waals surface area contributed by atoms with Crippen molar-refractivity contribution >= 4 is 21.9 Å². The standard InChI is InChI=1S/C13H12BrFO3/c1-2-17-13(16)11-8-5-18-12-7(10(8)11)3-6(15)4-9(12)14/h3-4,8,10-11H,2,5H2,1H3/t8-,10+,11-/m1/s1. The molecular weight excluding hydrogens is 303 g/mol. The van der Waals surface area contributed by atoms with Crippen molar-refractivity contribution < 1.29 is 18.7 Å². The van der Waals surface area contributed by atoms with Crippen LogP contribution in [0.2, 0.25) is 0 Å². The van der Waals surface area contributed by atoms with E-state index in [1.165, 1.54) is 12.1 Å². The molecule has 0 amide bonds. The van der Waals surface area contributed by atoms with Gasteiger partial charge in [-0.3, -0.25) is 4.79 Å². The lowest BCUT2D eigenvalue weighted by molar-refractivity contribution is -0.145. The van der Waals surface area contributed by atoms with E-state index in [-0.39, 0.29) is 29.5 Å². The van der Waals surface area contributed by atoms with Gasteiger partial charge >= 0.3 is 5.97 Å². The second-order valence-electron chi connectivity index (χ2n) is 4.58. The summed E-state index contributed by atoms with van der Waals surface area (Å²) in [6.45, 7) is 2.64. The fraction of sp³-hybridized carbons (Fsp3) is 0.462. The van der Waals surface area contributed by atoms with Gasteiger partial charge in [0.25, 0.3) is 0 Å². The Bertz CT molecular complexity index is 517. The third-order valence-electron chi connectivity index (χ3n) is 3.54. The fourth-order valence-electron chi connectivity index (χ4n) is 2.72. The Balaban J connectivity index is 1.93. The van der Waals surface area contributed by atoms with E-state index in [4.69, 9.17) is 9.47 Å². The van der Waals surface area contributed by atoms with Gasteiger partial charge in [-0.05, 0) is 35.0 Å². The molecule has 18 heavy (non-hydrogen) atoms. The minimum atomic E-state index is -0.320. The van der Waals surface area contributed by atoms with Crippen LogP contribution in [0.5, 0.6) is 5.75 Å². The summed E-state index contributed by atoms with van der Waals surface area (Å²) in [5.74, 6) is 0.123. The molecule has 3 nitrogen and oxygen atoms in total. The van der Waals surface area contributed by atoms with Crippen molar-refractivity contribution in [3.05, 3.63) is 28.0 Å². The molecule has 0 bridgehead atoms. The third kappa shape index (κ3) is 1.72. The van der Waals surface area contributed by atoms with Crippen LogP contribution in [0.3, 0.4) is 0 Å². The molecule has 1 saturated carbocycles. The van der Waals surface area contributed by atoms with Crippen molar-refractivity contribution in [3.63, 3.8) is 0 Å². The molecule has 96 valence electrons. The van der Waals surface area contributed by atoms with Crippen LogP contribution in [0.15, 0.2) is 16.6 Å². The molecule has 1 aliphatic carbocycles. The van der Waals surface area contributed by atoms with Gasteiger partial charge in [0.05, 0.1) is 23.6 Å². The first kappa shape index (κ1) is 12.0. The van der Waals surface area contributed by atoms with Crippen LogP contribution in [0.1, 0.15) is 18.4 Å². The molecule has 5 heteroatoms. The average Bonchev–Trinajstić information content (AvgIpc) is 3.03. The van der Waals surface area contributed by atoms with E-state index in [0.29, 0.717) is 23.4 Å². The molecule has 0 N–H and O–H groups in total. The summed E-state index contributed by atoms with van der Waals surface area (Å²) in [4.78, 5) is 11.8. The average molecular weight is 315 g/mol. The zero-order chi connectivity index (χ0) is 12.9. The van der Waals surface area contributed by atoms with Crippen molar-refractivity contribution in [1.82, 2.24) is 0 Å². The number of benzene rings is 1. The fourth-order valence-corrected chi connectivity index (χ4v) is 3.29. The zero-order valence-corrected chi connectivity index (χ0v) is 11.4.